The highest BCUT2D eigenvalue weighted by atomic mass is 19.3. The number of likely N-dealkylation sites (tertiary alicyclic amines) is 1. The molecule has 2 aliphatic rings. The number of halogens is 3. The van der Waals surface area contributed by atoms with Crippen molar-refractivity contribution in [3.05, 3.63) is 59.9 Å². The fourth-order valence-electron chi connectivity index (χ4n) is 4.58. The van der Waals surface area contributed by atoms with Gasteiger partial charge < -0.3 is 15.0 Å². The lowest BCUT2D eigenvalue weighted by Gasteiger charge is -2.61. The van der Waals surface area contributed by atoms with Gasteiger partial charge in [0.25, 0.3) is 0 Å². The molecule has 7 heteroatoms. The molecule has 1 N–H and O–H groups in total. The monoisotopic (exact) mass is 390 g/mol. The summed E-state index contributed by atoms with van der Waals surface area (Å²) in [5, 5.41) is 2.70. The van der Waals surface area contributed by atoms with Crippen molar-refractivity contribution in [2.45, 2.75) is 37.8 Å². The van der Waals surface area contributed by atoms with Crippen LogP contribution in [0.4, 0.5) is 23.7 Å². The van der Waals surface area contributed by atoms with E-state index >= 15 is 0 Å². The SMILES string of the molecule is O=C(Nc1ccc(OC(F)F)c(F)c1)N1C[C@H]2CCCC[C@]21c1ccccc1. The van der Waals surface area contributed by atoms with E-state index in [-0.39, 0.29) is 17.3 Å². The lowest BCUT2D eigenvalue weighted by Crippen LogP contribution is -2.68. The summed E-state index contributed by atoms with van der Waals surface area (Å²) in [5.74, 6) is -1.09. The Morgan fingerprint density at radius 1 is 1.18 bits per heavy atom. The van der Waals surface area contributed by atoms with Gasteiger partial charge in [-0.2, -0.15) is 8.78 Å². The third kappa shape index (κ3) is 3.19. The van der Waals surface area contributed by atoms with E-state index in [1.54, 1.807) is 0 Å². The zero-order valence-corrected chi connectivity index (χ0v) is 15.2. The first kappa shape index (κ1) is 18.7. The highest BCUT2D eigenvalue weighted by Gasteiger charge is 2.57. The fraction of sp³-hybridized carbons (Fsp3) is 0.381. The van der Waals surface area contributed by atoms with E-state index < -0.39 is 18.2 Å². The molecule has 1 saturated heterocycles. The second kappa shape index (κ2) is 7.37. The number of hydrogen-bond donors (Lipinski definition) is 1. The molecule has 0 unspecified atom stereocenters. The zero-order valence-electron chi connectivity index (χ0n) is 15.2. The summed E-state index contributed by atoms with van der Waals surface area (Å²) in [6, 6.07) is 13.1. The van der Waals surface area contributed by atoms with Gasteiger partial charge in [-0.05, 0) is 30.5 Å². The number of carbonyl (C=O) groups is 1. The van der Waals surface area contributed by atoms with Crippen molar-refractivity contribution in [3.8, 4) is 5.75 Å². The third-order valence-corrected chi connectivity index (χ3v) is 5.84. The number of nitrogens with zero attached hydrogens (tertiary/aromatic N) is 1. The Morgan fingerprint density at radius 3 is 2.64 bits per heavy atom. The van der Waals surface area contributed by atoms with Crippen LogP contribution >= 0.6 is 0 Å². The molecule has 2 aromatic rings. The molecule has 0 bridgehead atoms. The molecule has 28 heavy (non-hydrogen) atoms. The van der Waals surface area contributed by atoms with E-state index in [9.17, 15) is 18.0 Å². The molecule has 2 fully saturated rings. The van der Waals surface area contributed by atoms with Crippen molar-refractivity contribution in [1.82, 2.24) is 4.90 Å². The number of carbonyl (C=O) groups excluding carboxylic acids is 1. The number of urea groups is 1. The first-order valence-electron chi connectivity index (χ1n) is 9.39. The van der Waals surface area contributed by atoms with Gasteiger partial charge in [0.2, 0.25) is 0 Å². The van der Waals surface area contributed by atoms with E-state index in [2.05, 4.69) is 10.1 Å². The summed E-state index contributed by atoms with van der Waals surface area (Å²) in [6.45, 7) is -2.46. The maximum absolute atomic E-state index is 13.9. The van der Waals surface area contributed by atoms with Gasteiger partial charge in [-0.25, -0.2) is 9.18 Å². The Labute approximate surface area is 161 Å². The summed E-state index contributed by atoms with van der Waals surface area (Å²) < 4.78 is 42.6. The Balaban J connectivity index is 1.54. The molecule has 1 aliphatic carbocycles. The second-order valence-corrected chi connectivity index (χ2v) is 7.30. The average Bonchev–Trinajstić information content (AvgIpc) is 2.65. The van der Waals surface area contributed by atoms with Crippen molar-refractivity contribution >= 4 is 11.7 Å². The third-order valence-electron chi connectivity index (χ3n) is 5.84. The van der Waals surface area contributed by atoms with Crippen LogP contribution < -0.4 is 10.1 Å². The maximum Gasteiger partial charge on any atom is 0.387 e. The van der Waals surface area contributed by atoms with Gasteiger partial charge in [0.15, 0.2) is 11.6 Å². The number of rotatable bonds is 4. The van der Waals surface area contributed by atoms with Gasteiger partial charge in [-0.1, -0.05) is 43.2 Å². The number of anilines is 1. The minimum absolute atomic E-state index is 0.201. The predicted octanol–water partition coefficient (Wildman–Crippen LogP) is 5.36. The number of fused-ring (bicyclic) bond motifs is 1. The highest BCUT2D eigenvalue weighted by Crippen LogP contribution is 2.53. The van der Waals surface area contributed by atoms with Crippen LogP contribution in [0.3, 0.4) is 0 Å². The average molecular weight is 390 g/mol. The van der Waals surface area contributed by atoms with Crippen LogP contribution in [0.5, 0.6) is 5.75 Å². The molecular formula is C21H21F3N2O2. The van der Waals surface area contributed by atoms with E-state index in [4.69, 9.17) is 0 Å². The largest absolute Gasteiger partial charge is 0.432 e. The molecule has 1 heterocycles. The van der Waals surface area contributed by atoms with Gasteiger partial charge in [0.1, 0.15) is 0 Å². The molecule has 2 aromatic carbocycles. The Bertz CT molecular complexity index is 862. The normalized spacial score (nSPS) is 23.7. The molecule has 0 aromatic heterocycles. The molecule has 0 radical (unpaired) electrons. The molecule has 4 rings (SSSR count). The molecule has 4 nitrogen and oxygen atoms in total. The van der Waals surface area contributed by atoms with Crippen molar-refractivity contribution in [2.75, 3.05) is 11.9 Å². The van der Waals surface area contributed by atoms with Crippen molar-refractivity contribution in [2.24, 2.45) is 5.92 Å². The fourth-order valence-corrected chi connectivity index (χ4v) is 4.58. The molecular weight excluding hydrogens is 369 g/mol. The topological polar surface area (TPSA) is 41.6 Å². The summed E-state index contributed by atoms with van der Waals surface area (Å²) >= 11 is 0. The Kier molecular flexibility index (Phi) is 4.91. The molecule has 1 saturated carbocycles. The smallest absolute Gasteiger partial charge is 0.387 e. The minimum atomic E-state index is -3.11. The van der Waals surface area contributed by atoms with Gasteiger partial charge in [0, 0.05) is 24.2 Å². The summed E-state index contributed by atoms with van der Waals surface area (Å²) in [6.07, 6.45) is 4.17. The van der Waals surface area contributed by atoms with Gasteiger partial charge in [0.05, 0.1) is 5.54 Å². The standard InChI is InChI=1S/C21H21F3N2O2/c22-17-12-16(9-10-18(17)28-19(23)24)25-20(27)26-13-15-8-4-5-11-21(15,26)14-6-2-1-3-7-14/h1-3,6-7,9-10,12,15,19H,4-5,8,11,13H2,(H,25,27)/t15-,21+/m1/s1. The van der Waals surface area contributed by atoms with Crippen LogP contribution in [0.1, 0.15) is 31.2 Å². The molecule has 0 spiro atoms. The molecule has 2 amide bonds. The van der Waals surface area contributed by atoms with Crippen LogP contribution in [0, 0.1) is 11.7 Å². The van der Waals surface area contributed by atoms with Crippen LogP contribution in [-0.2, 0) is 5.54 Å². The number of benzene rings is 2. The van der Waals surface area contributed by atoms with E-state index in [0.29, 0.717) is 12.5 Å². The second-order valence-electron chi connectivity index (χ2n) is 7.30. The van der Waals surface area contributed by atoms with Gasteiger partial charge >= 0.3 is 12.6 Å². The Hall–Kier alpha value is -2.70. The number of alkyl halides is 2. The van der Waals surface area contributed by atoms with Crippen LogP contribution in [0.15, 0.2) is 48.5 Å². The quantitative estimate of drug-likeness (QED) is 0.764. The number of amides is 2. The maximum atomic E-state index is 13.9. The Morgan fingerprint density at radius 2 is 1.96 bits per heavy atom. The molecule has 1 aliphatic heterocycles. The number of hydrogen-bond acceptors (Lipinski definition) is 2. The molecule has 148 valence electrons. The van der Waals surface area contributed by atoms with E-state index in [0.717, 1.165) is 43.4 Å². The van der Waals surface area contributed by atoms with Gasteiger partial charge in [-0.3, -0.25) is 0 Å². The predicted molar refractivity (Wildman–Crippen MR) is 98.8 cm³/mol. The minimum Gasteiger partial charge on any atom is -0.432 e. The van der Waals surface area contributed by atoms with Crippen LogP contribution in [0.25, 0.3) is 0 Å². The van der Waals surface area contributed by atoms with E-state index in [1.165, 1.54) is 6.07 Å². The summed E-state index contributed by atoms with van der Waals surface area (Å²) in [4.78, 5) is 14.8. The van der Waals surface area contributed by atoms with Crippen LogP contribution in [-0.4, -0.2) is 24.1 Å². The van der Waals surface area contributed by atoms with Crippen LogP contribution in [0.2, 0.25) is 0 Å². The van der Waals surface area contributed by atoms with Crippen molar-refractivity contribution in [1.29, 1.82) is 0 Å². The lowest BCUT2D eigenvalue weighted by atomic mass is 9.62. The lowest BCUT2D eigenvalue weighted by molar-refractivity contribution is -0.0756. The first-order chi connectivity index (χ1) is 13.5. The number of ether oxygens (including phenoxy) is 1. The molecule has 2 atom stereocenters. The summed E-state index contributed by atoms with van der Waals surface area (Å²) in [7, 11) is 0. The van der Waals surface area contributed by atoms with Gasteiger partial charge in [-0.15, -0.1) is 0 Å². The van der Waals surface area contributed by atoms with Crippen molar-refractivity contribution < 1.29 is 22.7 Å². The zero-order chi connectivity index (χ0) is 19.7. The summed E-state index contributed by atoms with van der Waals surface area (Å²) in [5.41, 5.74) is 0.987. The highest BCUT2D eigenvalue weighted by molar-refractivity contribution is 5.91. The van der Waals surface area contributed by atoms with E-state index in [1.807, 2.05) is 35.2 Å². The number of nitrogens with one attached hydrogen (secondary N) is 1. The van der Waals surface area contributed by atoms with Crippen molar-refractivity contribution in [3.63, 3.8) is 0 Å². The first-order valence-corrected chi connectivity index (χ1v) is 9.39.